The highest BCUT2D eigenvalue weighted by Crippen LogP contribution is 2.38. The second kappa shape index (κ2) is 10.9. The minimum atomic E-state index is -0.214. The third-order valence-electron chi connectivity index (χ3n) is 4.13. The third-order valence-corrected chi connectivity index (χ3v) is 5.09. The number of halogens is 2. The molecule has 0 saturated carbocycles. The molecule has 0 aromatic heterocycles. The Labute approximate surface area is 189 Å². The minimum Gasteiger partial charge on any atom is -0.490 e. The van der Waals surface area contributed by atoms with Crippen LogP contribution < -0.4 is 14.8 Å². The zero-order valence-corrected chi connectivity index (χ0v) is 18.7. The summed E-state index contributed by atoms with van der Waals surface area (Å²) in [6, 6.07) is 20.5. The van der Waals surface area contributed by atoms with Gasteiger partial charge < -0.3 is 14.8 Å². The number of anilines is 1. The van der Waals surface area contributed by atoms with Crippen LogP contribution in [0.25, 0.3) is 6.08 Å². The Morgan fingerprint density at radius 2 is 1.80 bits per heavy atom. The predicted molar refractivity (Wildman–Crippen MR) is 125 cm³/mol. The lowest BCUT2D eigenvalue weighted by Crippen LogP contribution is -2.07. The molecule has 3 rings (SSSR count). The first-order valence-corrected chi connectivity index (χ1v) is 10.6. The molecule has 0 spiro atoms. The molecule has 0 unspecified atom stereocenters. The Kier molecular flexibility index (Phi) is 7.94. The second-order valence-electron chi connectivity index (χ2n) is 6.33. The molecule has 4 nitrogen and oxygen atoms in total. The number of para-hydroxylation sites is 1. The molecule has 0 aliphatic rings. The Bertz CT molecular complexity index is 1040. The van der Waals surface area contributed by atoms with Gasteiger partial charge in [-0.05, 0) is 64.8 Å². The van der Waals surface area contributed by atoms with Gasteiger partial charge in [-0.1, -0.05) is 48.0 Å². The van der Waals surface area contributed by atoms with Gasteiger partial charge in [-0.15, -0.1) is 0 Å². The molecule has 0 aliphatic heterocycles. The molecule has 1 amide bonds. The minimum absolute atomic E-state index is 0.214. The van der Waals surface area contributed by atoms with Crippen LogP contribution in [0.15, 0.2) is 77.3 Å². The lowest BCUT2D eigenvalue weighted by Gasteiger charge is -2.15. The zero-order valence-electron chi connectivity index (χ0n) is 16.4. The van der Waals surface area contributed by atoms with E-state index in [9.17, 15) is 4.79 Å². The van der Waals surface area contributed by atoms with E-state index in [-0.39, 0.29) is 5.91 Å². The highest BCUT2D eigenvalue weighted by molar-refractivity contribution is 9.10. The topological polar surface area (TPSA) is 47.6 Å². The molecule has 0 atom stereocenters. The maximum absolute atomic E-state index is 12.2. The summed E-state index contributed by atoms with van der Waals surface area (Å²) in [5, 5.41) is 3.46. The average molecular weight is 487 g/mol. The van der Waals surface area contributed by atoms with Crippen molar-refractivity contribution in [2.75, 3.05) is 11.9 Å². The molecule has 0 heterocycles. The van der Waals surface area contributed by atoms with Crippen molar-refractivity contribution >= 4 is 45.2 Å². The van der Waals surface area contributed by atoms with Gasteiger partial charge in [0.2, 0.25) is 5.91 Å². The maximum Gasteiger partial charge on any atom is 0.248 e. The molecule has 0 fully saturated rings. The van der Waals surface area contributed by atoms with Crippen molar-refractivity contribution in [3.8, 4) is 11.5 Å². The smallest absolute Gasteiger partial charge is 0.248 e. The Hall–Kier alpha value is -2.76. The first kappa shape index (κ1) is 21.9. The molecule has 3 aromatic rings. The van der Waals surface area contributed by atoms with Crippen LogP contribution in [-0.2, 0) is 11.4 Å². The van der Waals surface area contributed by atoms with Crippen molar-refractivity contribution < 1.29 is 14.3 Å². The molecule has 3 aromatic carbocycles. The normalized spacial score (nSPS) is 10.8. The number of carbonyl (C=O) groups is 1. The summed E-state index contributed by atoms with van der Waals surface area (Å²) >= 11 is 9.76. The van der Waals surface area contributed by atoms with Gasteiger partial charge in [-0.3, -0.25) is 4.79 Å². The molecule has 0 saturated heterocycles. The van der Waals surface area contributed by atoms with Crippen molar-refractivity contribution in [1.29, 1.82) is 0 Å². The third kappa shape index (κ3) is 6.12. The van der Waals surface area contributed by atoms with E-state index in [1.54, 1.807) is 6.08 Å². The molecular formula is C24H21BrClNO3. The summed E-state index contributed by atoms with van der Waals surface area (Å²) in [5.74, 6) is 0.957. The number of rotatable bonds is 8. The Morgan fingerprint density at radius 3 is 2.53 bits per heavy atom. The van der Waals surface area contributed by atoms with Crippen LogP contribution in [0.2, 0.25) is 5.02 Å². The monoisotopic (exact) mass is 485 g/mol. The number of hydrogen-bond acceptors (Lipinski definition) is 3. The molecule has 0 aliphatic carbocycles. The van der Waals surface area contributed by atoms with Crippen LogP contribution >= 0.6 is 27.5 Å². The van der Waals surface area contributed by atoms with Crippen molar-refractivity contribution in [3.63, 3.8) is 0 Å². The number of carbonyl (C=O) groups excluding carboxylic acids is 1. The van der Waals surface area contributed by atoms with Crippen LogP contribution in [0.4, 0.5) is 5.69 Å². The van der Waals surface area contributed by atoms with Gasteiger partial charge in [-0.25, -0.2) is 0 Å². The van der Waals surface area contributed by atoms with Crippen molar-refractivity contribution in [2.24, 2.45) is 0 Å². The number of benzene rings is 3. The number of amides is 1. The van der Waals surface area contributed by atoms with E-state index in [1.165, 1.54) is 6.08 Å². The summed E-state index contributed by atoms with van der Waals surface area (Å²) in [5.41, 5.74) is 2.43. The average Bonchev–Trinajstić information content (AvgIpc) is 2.74. The number of nitrogens with one attached hydrogen (secondary N) is 1. The zero-order chi connectivity index (χ0) is 21.3. The molecule has 30 heavy (non-hydrogen) atoms. The fourth-order valence-corrected chi connectivity index (χ4v) is 3.49. The number of hydrogen-bond donors (Lipinski definition) is 1. The van der Waals surface area contributed by atoms with Gasteiger partial charge in [0.05, 0.1) is 11.1 Å². The maximum atomic E-state index is 12.2. The fraction of sp³-hybridized carbons (Fsp3) is 0.125. The highest BCUT2D eigenvalue weighted by atomic mass is 79.9. The Morgan fingerprint density at radius 1 is 1.07 bits per heavy atom. The van der Waals surface area contributed by atoms with Gasteiger partial charge in [-0.2, -0.15) is 0 Å². The second-order valence-corrected chi connectivity index (χ2v) is 7.59. The van der Waals surface area contributed by atoms with Crippen molar-refractivity contribution in [3.05, 3.63) is 93.4 Å². The summed E-state index contributed by atoms with van der Waals surface area (Å²) in [7, 11) is 0. The van der Waals surface area contributed by atoms with Gasteiger partial charge in [0.15, 0.2) is 11.5 Å². The van der Waals surface area contributed by atoms with Crippen LogP contribution in [0, 0.1) is 0 Å². The van der Waals surface area contributed by atoms with Gasteiger partial charge in [0.25, 0.3) is 0 Å². The summed E-state index contributed by atoms with van der Waals surface area (Å²) < 4.78 is 12.5. The van der Waals surface area contributed by atoms with E-state index in [0.29, 0.717) is 29.7 Å². The molecule has 0 bridgehead atoms. The van der Waals surface area contributed by atoms with Crippen LogP contribution in [0.5, 0.6) is 11.5 Å². The van der Waals surface area contributed by atoms with E-state index in [2.05, 4.69) is 21.2 Å². The first-order chi connectivity index (χ1) is 14.6. The van der Waals surface area contributed by atoms with E-state index in [1.807, 2.05) is 73.7 Å². The summed E-state index contributed by atoms with van der Waals surface area (Å²) in [6.07, 6.45) is 3.21. The highest BCUT2D eigenvalue weighted by Gasteiger charge is 2.13. The van der Waals surface area contributed by atoms with E-state index in [4.69, 9.17) is 21.1 Å². The Balaban J connectivity index is 1.75. The summed E-state index contributed by atoms with van der Waals surface area (Å²) in [6.45, 7) is 2.70. The molecule has 1 N–H and O–H groups in total. The van der Waals surface area contributed by atoms with Crippen LogP contribution in [-0.4, -0.2) is 12.5 Å². The first-order valence-electron chi connectivity index (χ1n) is 9.43. The summed E-state index contributed by atoms with van der Waals surface area (Å²) in [4.78, 5) is 12.2. The van der Waals surface area contributed by atoms with Gasteiger partial charge in [0, 0.05) is 22.3 Å². The van der Waals surface area contributed by atoms with Gasteiger partial charge >= 0.3 is 0 Å². The quantitative estimate of drug-likeness (QED) is 0.359. The van der Waals surface area contributed by atoms with E-state index in [0.717, 1.165) is 21.3 Å². The van der Waals surface area contributed by atoms with Crippen LogP contribution in [0.3, 0.4) is 0 Å². The predicted octanol–water partition coefficient (Wildman–Crippen LogP) is 6.73. The van der Waals surface area contributed by atoms with Crippen molar-refractivity contribution in [2.45, 2.75) is 13.5 Å². The molecule has 6 heteroatoms. The van der Waals surface area contributed by atoms with Gasteiger partial charge in [0.1, 0.15) is 6.61 Å². The standard InChI is InChI=1S/C24H21BrClNO3/c1-2-29-22-15-17(12-13-23(28)27-19-9-4-3-5-10-19)14-20(25)24(22)30-16-18-8-6-7-11-21(18)26/h3-15H,2,16H2,1H3,(H,27,28)/b13-12+. The van der Waals surface area contributed by atoms with Crippen LogP contribution in [0.1, 0.15) is 18.1 Å². The van der Waals surface area contributed by atoms with E-state index < -0.39 is 0 Å². The lowest BCUT2D eigenvalue weighted by molar-refractivity contribution is -0.111. The fourth-order valence-electron chi connectivity index (χ4n) is 2.73. The lowest BCUT2D eigenvalue weighted by atomic mass is 10.1. The van der Waals surface area contributed by atoms with E-state index >= 15 is 0 Å². The molecule has 154 valence electrons. The molecular weight excluding hydrogens is 466 g/mol. The largest absolute Gasteiger partial charge is 0.490 e. The molecule has 0 radical (unpaired) electrons. The van der Waals surface area contributed by atoms with Crippen molar-refractivity contribution in [1.82, 2.24) is 0 Å². The number of ether oxygens (including phenoxy) is 2. The SMILES string of the molecule is CCOc1cc(/C=C/C(=O)Nc2ccccc2)cc(Br)c1OCc1ccccc1Cl.